The number of likely N-dealkylation sites (N-methyl/N-ethyl adjacent to an activating group) is 1. The predicted molar refractivity (Wildman–Crippen MR) is 76.8 cm³/mol. The summed E-state index contributed by atoms with van der Waals surface area (Å²) in [4.78, 5) is 1.43. The number of halogens is 1. The Morgan fingerprint density at radius 3 is 3.00 bits per heavy atom. The van der Waals surface area contributed by atoms with Gasteiger partial charge in [0.25, 0.3) is 0 Å². The standard InChI is InChI=1S/C13H20BrNOS/c1-2-15-11(12-5-3-4-8-16-12)9-10-6-7-13(14)17-10/h6-7,11-12,15H,2-5,8-9H2,1H3. The van der Waals surface area contributed by atoms with E-state index in [4.69, 9.17) is 4.74 Å². The van der Waals surface area contributed by atoms with E-state index in [0.717, 1.165) is 19.6 Å². The zero-order chi connectivity index (χ0) is 12.1. The van der Waals surface area contributed by atoms with Crippen LogP contribution >= 0.6 is 27.3 Å². The van der Waals surface area contributed by atoms with Gasteiger partial charge in [0.2, 0.25) is 0 Å². The molecule has 0 saturated carbocycles. The van der Waals surface area contributed by atoms with E-state index in [0.29, 0.717) is 12.1 Å². The van der Waals surface area contributed by atoms with Gasteiger partial charge in [0.15, 0.2) is 0 Å². The van der Waals surface area contributed by atoms with Crippen molar-refractivity contribution in [3.63, 3.8) is 0 Å². The summed E-state index contributed by atoms with van der Waals surface area (Å²) >= 11 is 5.35. The molecular weight excluding hydrogens is 298 g/mol. The summed E-state index contributed by atoms with van der Waals surface area (Å²) in [5, 5.41) is 3.58. The number of rotatable bonds is 5. The largest absolute Gasteiger partial charge is 0.377 e. The Hall–Kier alpha value is 0.1000. The SMILES string of the molecule is CCNC(Cc1ccc(Br)s1)C1CCCCO1. The lowest BCUT2D eigenvalue weighted by molar-refractivity contribution is -0.00693. The molecule has 2 rings (SSSR count). The lowest BCUT2D eigenvalue weighted by Gasteiger charge is -2.30. The zero-order valence-electron chi connectivity index (χ0n) is 10.2. The first kappa shape index (κ1) is 13.5. The highest BCUT2D eigenvalue weighted by atomic mass is 79.9. The summed E-state index contributed by atoms with van der Waals surface area (Å²) in [7, 11) is 0. The first-order valence-electron chi connectivity index (χ1n) is 6.39. The fourth-order valence-electron chi connectivity index (χ4n) is 2.36. The van der Waals surface area contributed by atoms with Gasteiger partial charge in [-0.15, -0.1) is 11.3 Å². The number of hydrogen-bond donors (Lipinski definition) is 1. The molecule has 0 radical (unpaired) electrons. The topological polar surface area (TPSA) is 21.3 Å². The molecule has 1 aliphatic rings. The molecule has 17 heavy (non-hydrogen) atoms. The summed E-state index contributed by atoms with van der Waals surface area (Å²) in [6, 6.07) is 4.80. The van der Waals surface area contributed by atoms with Crippen molar-refractivity contribution < 1.29 is 4.74 Å². The van der Waals surface area contributed by atoms with Crippen LogP contribution in [0.2, 0.25) is 0 Å². The van der Waals surface area contributed by atoms with Crippen LogP contribution in [-0.4, -0.2) is 25.3 Å². The lowest BCUT2D eigenvalue weighted by Crippen LogP contribution is -2.44. The summed E-state index contributed by atoms with van der Waals surface area (Å²) in [5.41, 5.74) is 0. The molecule has 2 nitrogen and oxygen atoms in total. The second kappa shape index (κ2) is 6.88. The molecule has 1 fully saturated rings. The fraction of sp³-hybridized carbons (Fsp3) is 0.692. The summed E-state index contributed by atoms with van der Waals surface area (Å²) in [5.74, 6) is 0. The van der Waals surface area contributed by atoms with Crippen LogP contribution < -0.4 is 5.32 Å². The van der Waals surface area contributed by atoms with Crippen LogP contribution in [0.1, 0.15) is 31.1 Å². The van der Waals surface area contributed by atoms with Gasteiger partial charge in [0.1, 0.15) is 0 Å². The monoisotopic (exact) mass is 317 g/mol. The molecule has 4 heteroatoms. The van der Waals surface area contributed by atoms with E-state index in [2.05, 4.69) is 40.3 Å². The van der Waals surface area contributed by atoms with Gasteiger partial charge in [-0.3, -0.25) is 0 Å². The highest BCUT2D eigenvalue weighted by Gasteiger charge is 2.24. The molecule has 0 amide bonds. The molecule has 2 heterocycles. The molecule has 0 bridgehead atoms. The van der Waals surface area contributed by atoms with Crippen LogP contribution in [0.25, 0.3) is 0 Å². The first-order valence-corrected chi connectivity index (χ1v) is 7.99. The minimum atomic E-state index is 0.393. The molecule has 2 atom stereocenters. The van der Waals surface area contributed by atoms with E-state index >= 15 is 0 Å². The Kier molecular flexibility index (Phi) is 5.48. The number of ether oxygens (including phenoxy) is 1. The molecule has 0 aliphatic carbocycles. The number of nitrogens with one attached hydrogen (secondary N) is 1. The predicted octanol–water partition coefficient (Wildman–Crippen LogP) is 3.60. The van der Waals surface area contributed by atoms with Crippen LogP contribution in [0.3, 0.4) is 0 Å². The smallest absolute Gasteiger partial charge is 0.0731 e. The molecule has 1 N–H and O–H groups in total. The zero-order valence-corrected chi connectivity index (χ0v) is 12.6. The lowest BCUT2D eigenvalue weighted by atomic mass is 9.99. The third kappa shape index (κ3) is 4.05. The molecule has 1 saturated heterocycles. The van der Waals surface area contributed by atoms with E-state index in [1.807, 2.05) is 11.3 Å². The van der Waals surface area contributed by atoms with Crippen molar-refractivity contribution in [1.82, 2.24) is 5.32 Å². The molecule has 1 aromatic rings. The summed E-state index contributed by atoms with van der Waals surface area (Å²) in [6.45, 7) is 4.11. The van der Waals surface area contributed by atoms with Crippen LogP contribution in [0, 0.1) is 0 Å². The molecule has 0 spiro atoms. The Morgan fingerprint density at radius 2 is 2.41 bits per heavy atom. The van der Waals surface area contributed by atoms with Crippen molar-refractivity contribution in [1.29, 1.82) is 0 Å². The van der Waals surface area contributed by atoms with E-state index in [9.17, 15) is 0 Å². The van der Waals surface area contributed by atoms with Crippen molar-refractivity contribution in [2.45, 2.75) is 44.8 Å². The Balaban J connectivity index is 1.95. The van der Waals surface area contributed by atoms with Crippen LogP contribution in [0.5, 0.6) is 0 Å². The van der Waals surface area contributed by atoms with E-state index < -0.39 is 0 Å². The van der Waals surface area contributed by atoms with Crippen molar-refractivity contribution in [3.8, 4) is 0 Å². The molecule has 96 valence electrons. The average molecular weight is 318 g/mol. The molecule has 1 aliphatic heterocycles. The fourth-order valence-corrected chi connectivity index (χ4v) is 3.90. The van der Waals surface area contributed by atoms with Gasteiger partial charge < -0.3 is 10.1 Å². The first-order chi connectivity index (χ1) is 8.29. The highest BCUT2D eigenvalue weighted by molar-refractivity contribution is 9.11. The van der Waals surface area contributed by atoms with Gasteiger partial charge in [-0.05, 0) is 60.3 Å². The Labute approximate surface area is 116 Å². The van der Waals surface area contributed by atoms with E-state index in [1.54, 1.807) is 0 Å². The maximum absolute atomic E-state index is 5.90. The van der Waals surface area contributed by atoms with Crippen molar-refractivity contribution >= 4 is 27.3 Å². The molecular formula is C13H20BrNOS. The second-order valence-electron chi connectivity index (χ2n) is 4.48. The van der Waals surface area contributed by atoms with Crippen LogP contribution in [-0.2, 0) is 11.2 Å². The Bertz CT molecular complexity index is 336. The van der Waals surface area contributed by atoms with Crippen molar-refractivity contribution in [2.75, 3.05) is 13.2 Å². The summed E-state index contributed by atoms with van der Waals surface area (Å²) in [6.07, 6.45) is 5.20. The van der Waals surface area contributed by atoms with Crippen molar-refractivity contribution in [2.24, 2.45) is 0 Å². The average Bonchev–Trinajstić information content (AvgIpc) is 2.75. The van der Waals surface area contributed by atoms with Gasteiger partial charge in [0, 0.05) is 17.5 Å². The van der Waals surface area contributed by atoms with Gasteiger partial charge in [-0.2, -0.15) is 0 Å². The molecule has 0 aromatic carbocycles. The van der Waals surface area contributed by atoms with E-state index in [1.165, 1.54) is 27.9 Å². The normalized spacial score (nSPS) is 22.6. The molecule has 2 unspecified atom stereocenters. The second-order valence-corrected chi connectivity index (χ2v) is 7.03. The van der Waals surface area contributed by atoms with Gasteiger partial charge in [-0.25, -0.2) is 0 Å². The maximum atomic E-state index is 5.90. The molecule has 1 aromatic heterocycles. The highest BCUT2D eigenvalue weighted by Crippen LogP contribution is 2.25. The quantitative estimate of drug-likeness (QED) is 0.896. The third-order valence-corrected chi connectivity index (χ3v) is 4.83. The third-order valence-electron chi connectivity index (χ3n) is 3.18. The van der Waals surface area contributed by atoms with Crippen LogP contribution in [0.4, 0.5) is 0 Å². The Morgan fingerprint density at radius 1 is 1.53 bits per heavy atom. The van der Waals surface area contributed by atoms with E-state index in [-0.39, 0.29) is 0 Å². The van der Waals surface area contributed by atoms with Gasteiger partial charge >= 0.3 is 0 Å². The maximum Gasteiger partial charge on any atom is 0.0731 e. The number of hydrogen-bond acceptors (Lipinski definition) is 3. The van der Waals surface area contributed by atoms with Gasteiger partial charge in [-0.1, -0.05) is 6.92 Å². The minimum absolute atomic E-state index is 0.393. The van der Waals surface area contributed by atoms with Crippen molar-refractivity contribution in [3.05, 3.63) is 20.8 Å². The van der Waals surface area contributed by atoms with Crippen LogP contribution in [0.15, 0.2) is 15.9 Å². The van der Waals surface area contributed by atoms with Gasteiger partial charge in [0.05, 0.1) is 9.89 Å². The number of thiophene rings is 1. The summed E-state index contributed by atoms with van der Waals surface area (Å²) < 4.78 is 7.12. The minimum Gasteiger partial charge on any atom is -0.377 e.